The van der Waals surface area contributed by atoms with Crippen molar-refractivity contribution in [1.29, 1.82) is 0 Å². The topological polar surface area (TPSA) is 35.2 Å². The molecule has 0 saturated carbocycles. The predicted octanol–water partition coefficient (Wildman–Crippen LogP) is 2.64. The summed E-state index contributed by atoms with van der Waals surface area (Å²) in [5.74, 6) is -0.408. The number of ether oxygens (including phenoxy) is 1. The van der Waals surface area contributed by atoms with E-state index in [9.17, 15) is 17.6 Å². The van der Waals surface area contributed by atoms with E-state index in [0.717, 1.165) is 12.1 Å². The van der Waals surface area contributed by atoms with Gasteiger partial charge in [-0.05, 0) is 18.2 Å². The van der Waals surface area contributed by atoms with Crippen LogP contribution in [0, 0.1) is 0 Å². The summed E-state index contributed by atoms with van der Waals surface area (Å²) in [4.78, 5) is 0. The standard InChI is InChI=1S/C9H9F4NO/c10-3-4-15-8-2-1-6(14)5-7(8)9(11,12)13/h1-2,5H,3-4,14H2. The minimum atomic E-state index is -4.55. The number of hydrogen-bond donors (Lipinski definition) is 1. The van der Waals surface area contributed by atoms with Gasteiger partial charge in [-0.15, -0.1) is 0 Å². The molecule has 0 spiro atoms. The molecule has 0 atom stereocenters. The number of benzene rings is 1. The van der Waals surface area contributed by atoms with Gasteiger partial charge in [0.25, 0.3) is 0 Å². The summed E-state index contributed by atoms with van der Waals surface area (Å²) in [5, 5.41) is 0. The second-order valence-electron chi connectivity index (χ2n) is 2.79. The van der Waals surface area contributed by atoms with Gasteiger partial charge in [0, 0.05) is 5.69 Å². The van der Waals surface area contributed by atoms with Crippen LogP contribution in [0.4, 0.5) is 23.2 Å². The lowest BCUT2D eigenvalue weighted by Crippen LogP contribution is -2.10. The second-order valence-corrected chi connectivity index (χ2v) is 2.79. The van der Waals surface area contributed by atoms with Crippen molar-refractivity contribution in [3.63, 3.8) is 0 Å². The molecule has 0 aliphatic rings. The van der Waals surface area contributed by atoms with Crippen LogP contribution in [0.15, 0.2) is 18.2 Å². The maximum Gasteiger partial charge on any atom is 0.420 e. The lowest BCUT2D eigenvalue weighted by molar-refractivity contribution is -0.138. The van der Waals surface area contributed by atoms with E-state index in [1.807, 2.05) is 0 Å². The SMILES string of the molecule is Nc1ccc(OCCF)c(C(F)(F)F)c1. The van der Waals surface area contributed by atoms with Gasteiger partial charge in [0.2, 0.25) is 0 Å². The zero-order chi connectivity index (χ0) is 11.5. The Balaban J connectivity index is 3.04. The van der Waals surface area contributed by atoms with Crippen molar-refractivity contribution in [3.8, 4) is 5.75 Å². The first-order chi connectivity index (χ1) is 6.95. The van der Waals surface area contributed by atoms with E-state index in [-0.39, 0.29) is 5.69 Å². The molecule has 1 rings (SSSR count). The number of halogens is 4. The molecule has 1 aromatic carbocycles. The normalized spacial score (nSPS) is 11.5. The summed E-state index contributed by atoms with van der Waals surface area (Å²) < 4.78 is 53.7. The van der Waals surface area contributed by atoms with E-state index in [4.69, 9.17) is 5.73 Å². The third-order valence-corrected chi connectivity index (χ3v) is 1.64. The average molecular weight is 223 g/mol. The molecular weight excluding hydrogens is 214 g/mol. The molecule has 2 N–H and O–H groups in total. The van der Waals surface area contributed by atoms with E-state index in [1.54, 1.807) is 0 Å². The third kappa shape index (κ3) is 3.00. The monoisotopic (exact) mass is 223 g/mol. The smallest absolute Gasteiger partial charge is 0.420 e. The molecule has 0 aromatic heterocycles. The van der Waals surface area contributed by atoms with E-state index >= 15 is 0 Å². The van der Waals surface area contributed by atoms with Gasteiger partial charge in [0.15, 0.2) is 0 Å². The Hall–Kier alpha value is -1.46. The molecule has 2 nitrogen and oxygen atoms in total. The molecule has 0 saturated heterocycles. The van der Waals surface area contributed by atoms with Crippen LogP contribution in [0.25, 0.3) is 0 Å². The Morgan fingerprint density at radius 1 is 1.27 bits per heavy atom. The Kier molecular flexibility index (Phi) is 3.39. The number of alkyl halides is 4. The van der Waals surface area contributed by atoms with Crippen LogP contribution in [0.5, 0.6) is 5.75 Å². The average Bonchev–Trinajstić information content (AvgIpc) is 2.14. The minimum Gasteiger partial charge on any atom is -0.490 e. The van der Waals surface area contributed by atoms with Gasteiger partial charge in [-0.1, -0.05) is 0 Å². The fourth-order valence-corrected chi connectivity index (χ4v) is 1.04. The van der Waals surface area contributed by atoms with Crippen LogP contribution in [-0.2, 0) is 6.18 Å². The number of nitrogen functional groups attached to an aromatic ring is 1. The Morgan fingerprint density at radius 3 is 2.47 bits per heavy atom. The van der Waals surface area contributed by atoms with E-state index in [2.05, 4.69) is 4.74 Å². The third-order valence-electron chi connectivity index (χ3n) is 1.64. The maximum absolute atomic E-state index is 12.4. The van der Waals surface area contributed by atoms with Crippen LogP contribution >= 0.6 is 0 Å². The maximum atomic E-state index is 12.4. The fraction of sp³-hybridized carbons (Fsp3) is 0.333. The van der Waals surface area contributed by atoms with E-state index in [1.165, 1.54) is 6.07 Å². The van der Waals surface area contributed by atoms with Gasteiger partial charge in [0.1, 0.15) is 19.0 Å². The van der Waals surface area contributed by atoms with Crippen molar-refractivity contribution in [3.05, 3.63) is 23.8 Å². The molecule has 6 heteroatoms. The fourth-order valence-electron chi connectivity index (χ4n) is 1.04. The Morgan fingerprint density at radius 2 is 1.93 bits per heavy atom. The molecule has 0 fully saturated rings. The highest BCUT2D eigenvalue weighted by atomic mass is 19.4. The first-order valence-corrected chi connectivity index (χ1v) is 4.10. The molecule has 15 heavy (non-hydrogen) atoms. The molecule has 0 radical (unpaired) electrons. The van der Waals surface area contributed by atoms with Gasteiger partial charge in [-0.25, -0.2) is 4.39 Å². The first kappa shape index (κ1) is 11.6. The summed E-state index contributed by atoms with van der Waals surface area (Å²) in [6.45, 7) is -1.26. The highest BCUT2D eigenvalue weighted by Gasteiger charge is 2.34. The van der Waals surface area contributed by atoms with E-state index in [0.29, 0.717) is 0 Å². The van der Waals surface area contributed by atoms with Crippen molar-refractivity contribution in [2.45, 2.75) is 6.18 Å². The lowest BCUT2D eigenvalue weighted by atomic mass is 10.1. The van der Waals surface area contributed by atoms with Crippen LogP contribution in [0.3, 0.4) is 0 Å². The van der Waals surface area contributed by atoms with Crippen molar-refractivity contribution < 1.29 is 22.3 Å². The van der Waals surface area contributed by atoms with Gasteiger partial charge >= 0.3 is 6.18 Å². The quantitative estimate of drug-likeness (QED) is 0.631. The first-order valence-electron chi connectivity index (χ1n) is 4.10. The number of anilines is 1. The van der Waals surface area contributed by atoms with Crippen LogP contribution in [0.2, 0.25) is 0 Å². The van der Waals surface area contributed by atoms with Crippen molar-refractivity contribution in [2.24, 2.45) is 0 Å². The molecular formula is C9H9F4NO. The molecule has 0 heterocycles. The predicted molar refractivity (Wildman–Crippen MR) is 47.3 cm³/mol. The van der Waals surface area contributed by atoms with Crippen LogP contribution in [0.1, 0.15) is 5.56 Å². The van der Waals surface area contributed by atoms with Gasteiger partial charge < -0.3 is 10.5 Å². The minimum absolute atomic E-state index is 0.0186. The number of nitrogens with two attached hydrogens (primary N) is 1. The van der Waals surface area contributed by atoms with Gasteiger partial charge in [-0.3, -0.25) is 0 Å². The summed E-state index contributed by atoms with van der Waals surface area (Å²) in [5.41, 5.74) is 4.21. The second kappa shape index (κ2) is 4.37. The molecule has 0 bridgehead atoms. The number of rotatable bonds is 3. The summed E-state index contributed by atoms with van der Waals surface area (Å²) >= 11 is 0. The highest BCUT2D eigenvalue weighted by molar-refractivity contribution is 5.49. The van der Waals surface area contributed by atoms with Crippen molar-refractivity contribution in [1.82, 2.24) is 0 Å². The molecule has 0 unspecified atom stereocenters. The largest absolute Gasteiger partial charge is 0.490 e. The van der Waals surface area contributed by atoms with Crippen LogP contribution in [-0.4, -0.2) is 13.3 Å². The molecule has 0 amide bonds. The number of hydrogen-bond acceptors (Lipinski definition) is 2. The van der Waals surface area contributed by atoms with Crippen molar-refractivity contribution >= 4 is 5.69 Å². The lowest BCUT2D eigenvalue weighted by Gasteiger charge is -2.13. The molecule has 1 aromatic rings. The summed E-state index contributed by atoms with van der Waals surface area (Å²) in [7, 11) is 0. The Labute approximate surface area is 83.6 Å². The Bertz CT molecular complexity index is 337. The van der Waals surface area contributed by atoms with Crippen molar-refractivity contribution in [2.75, 3.05) is 19.0 Å². The van der Waals surface area contributed by atoms with Gasteiger partial charge in [-0.2, -0.15) is 13.2 Å². The zero-order valence-electron chi connectivity index (χ0n) is 7.64. The van der Waals surface area contributed by atoms with Gasteiger partial charge in [0.05, 0.1) is 5.56 Å². The van der Waals surface area contributed by atoms with E-state index < -0.39 is 30.8 Å². The molecule has 84 valence electrons. The summed E-state index contributed by atoms with van der Waals surface area (Å²) in [6.07, 6.45) is -4.55. The summed E-state index contributed by atoms with van der Waals surface area (Å²) in [6, 6.07) is 3.10. The molecule has 0 aliphatic heterocycles. The molecule has 0 aliphatic carbocycles. The zero-order valence-corrected chi connectivity index (χ0v) is 7.64. The highest BCUT2D eigenvalue weighted by Crippen LogP contribution is 2.37. The van der Waals surface area contributed by atoms with Crippen LogP contribution < -0.4 is 10.5 Å².